The fourth-order valence-corrected chi connectivity index (χ4v) is 5.06. The monoisotopic (exact) mass is 463 g/mol. The lowest BCUT2D eigenvalue weighted by atomic mass is 10.2. The molecule has 0 aliphatic heterocycles. The van der Waals surface area contributed by atoms with Gasteiger partial charge in [-0.1, -0.05) is 54.6 Å². The first kappa shape index (κ1) is 22.5. The summed E-state index contributed by atoms with van der Waals surface area (Å²) in [6, 6.07) is 23.1. The van der Waals surface area contributed by atoms with E-state index in [2.05, 4.69) is 10.3 Å². The quantitative estimate of drug-likeness (QED) is 0.417. The van der Waals surface area contributed by atoms with E-state index in [0.717, 1.165) is 0 Å². The van der Waals surface area contributed by atoms with Gasteiger partial charge in [-0.25, -0.2) is 13.4 Å². The van der Waals surface area contributed by atoms with Gasteiger partial charge in [-0.15, -0.1) is 0 Å². The maximum atomic E-state index is 13.3. The number of sulfone groups is 1. The molecule has 0 saturated carbocycles. The summed E-state index contributed by atoms with van der Waals surface area (Å²) in [4.78, 5) is 17.4. The van der Waals surface area contributed by atoms with E-state index < -0.39 is 9.84 Å². The van der Waals surface area contributed by atoms with Gasteiger partial charge in [0.05, 0.1) is 28.6 Å². The molecular weight excluding hydrogens is 438 g/mol. The number of aromatic nitrogens is 2. The molecule has 0 atom stereocenters. The van der Waals surface area contributed by atoms with Crippen LogP contribution >= 0.6 is 0 Å². The summed E-state index contributed by atoms with van der Waals surface area (Å²) in [5.74, 6) is -0.0356. The van der Waals surface area contributed by atoms with Crippen molar-refractivity contribution < 1.29 is 17.9 Å². The predicted molar refractivity (Wildman–Crippen MR) is 128 cm³/mol. The summed E-state index contributed by atoms with van der Waals surface area (Å²) in [5.41, 5.74) is 2.26. The minimum atomic E-state index is -3.80. The van der Waals surface area contributed by atoms with Gasteiger partial charge in [-0.2, -0.15) is 0 Å². The van der Waals surface area contributed by atoms with Crippen LogP contribution in [0.3, 0.4) is 0 Å². The Morgan fingerprint density at radius 1 is 0.970 bits per heavy atom. The third kappa shape index (κ3) is 5.23. The van der Waals surface area contributed by atoms with Gasteiger partial charge in [0.1, 0.15) is 12.3 Å². The van der Waals surface area contributed by atoms with Crippen LogP contribution < -0.4 is 10.1 Å². The fourth-order valence-electron chi connectivity index (χ4n) is 3.56. The molecule has 1 N–H and O–H groups in total. The lowest BCUT2D eigenvalue weighted by Gasteiger charge is -2.15. The van der Waals surface area contributed by atoms with E-state index in [9.17, 15) is 13.2 Å². The molecule has 8 heteroatoms. The molecule has 0 fully saturated rings. The number of para-hydroxylation sites is 4. The number of carbonyl (C=O) groups is 1. The topological polar surface area (TPSA) is 90.3 Å². The molecule has 0 aliphatic carbocycles. The number of hydrogen-bond acceptors (Lipinski definition) is 5. The summed E-state index contributed by atoms with van der Waals surface area (Å²) >= 11 is 0. The van der Waals surface area contributed by atoms with E-state index in [1.54, 1.807) is 66.7 Å². The lowest BCUT2D eigenvalue weighted by Crippen LogP contribution is -2.22. The molecule has 4 aromatic rings. The first-order valence-corrected chi connectivity index (χ1v) is 12.3. The Hall–Kier alpha value is -3.65. The Balaban J connectivity index is 1.66. The molecule has 0 saturated heterocycles. The third-order valence-electron chi connectivity index (χ3n) is 4.92. The molecule has 0 bridgehead atoms. The van der Waals surface area contributed by atoms with E-state index in [1.807, 2.05) is 26.0 Å². The predicted octanol–water partition coefficient (Wildman–Crippen LogP) is 4.44. The first-order valence-electron chi connectivity index (χ1n) is 10.6. The highest BCUT2D eigenvalue weighted by atomic mass is 32.2. The van der Waals surface area contributed by atoms with Crippen LogP contribution in [-0.4, -0.2) is 30.0 Å². The maximum absolute atomic E-state index is 13.3. The first-order chi connectivity index (χ1) is 15.8. The van der Waals surface area contributed by atoms with Crippen LogP contribution in [-0.2, 0) is 26.9 Å². The largest absolute Gasteiger partial charge is 0.489 e. The summed E-state index contributed by atoms with van der Waals surface area (Å²) in [5, 5.41) is 2.71. The smallest absolute Gasteiger partial charge is 0.244 e. The van der Waals surface area contributed by atoms with Gasteiger partial charge in [0, 0.05) is 0 Å². The van der Waals surface area contributed by atoms with Gasteiger partial charge < -0.3 is 14.6 Å². The van der Waals surface area contributed by atoms with Crippen molar-refractivity contribution in [3.05, 3.63) is 84.4 Å². The number of amides is 1. The zero-order valence-electron chi connectivity index (χ0n) is 18.4. The molecule has 170 valence electrons. The second kappa shape index (κ2) is 9.46. The minimum Gasteiger partial charge on any atom is -0.489 e. The fraction of sp³-hybridized carbons (Fsp3) is 0.200. The number of anilines is 1. The number of rotatable bonds is 8. The van der Waals surface area contributed by atoms with Crippen LogP contribution in [0, 0.1) is 0 Å². The molecule has 7 nitrogen and oxygen atoms in total. The summed E-state index contributed by atoms with van der Waals surface area (Å²) in [7, 11) is -3.80. The second-order valence-electron chi connectivity index (χ2n) is 7.92. The minimum absolute atomic E-state index is 0.0598. The highest BCUT2D eigenvalue weighted by molar-refractivity contribution is 7.90. The van der Waals surface area contributed by atoms with Crippen molar-refractivity contribution >= 4 is 32.5 Å². The van der Waals surface area contributed by atoms with E-state index in [-0.39, 0.29) is 29.5 Å². The highest BCUT2D eigenvalue weighted by Crippen LogP contribution is 2.26. The Labute approximate surface area is 193 Å². The van der Waals surface area contributed by atoms with Crippen LogP contribution in [0.2, 0.25) is 0 Å². The molecule has 1 heterocycles. The van der Waals surface area contributed by atoms with E-state index in [0.29, 0.717) is 28.0 Å². The Kier molecular flexibility index (Phi) is 6.46. The van der Waals surface area contributed by atoms with Gasteiger partial charge in [-0.3, -0.25) is 4.79 Å². The van der Waals surface area contributed by atoms with Crippen molar-refractivity contribution in [2.24, 2.45) is 0 Å². The van der Waals surface area contributed by atoms with Crippen molar-refractivity contribution in [3.63, 3.8) is 0 Å². The molecule has 0 aliphatic rings. The third-order valence-corrected chi connectivity index (χ3v) is 6.50. The molecule has 1 amide bonds. The van der Waals surface area contributed by atoms with Crippen LogP contribution in [0.25, 0.3) is 11.0 Å². The zero-order valence-corrected chi connectivity index (χ0v) is 19.2. The molecule has 0 radical (unpaired) electrons. The summed E-state index contributed by atoms with van der Waals surface area (Å²) in [6.07, 6.45) is -0.0598. The number of nitrogens with zero attached hydrogens (tertiary/aromatic N) is 2. The van der Waals surface area contributed by atoms with Crippen molar-refractivity contribution in [2.75, 3.05) is 5.32 Å². The zero-order chi connectivity index (χ0) is 23.4. The Morgan fingerprint density at radius 2 is 1.64 bits per heavy atom. The lowest BCUT2D eigenvalue weighted by molar-refractivity contribution is -0.116. The van der Waals surface area contributed by atoms with E-state index in [1.165, 1.54) is 4.57 Å². The van der Waals surface area contributed by atoms with Crippen LogP contribution in [0.15, 0.2) is 84.0 Å². The van der Waals surface area contributed by atoms with Gasteiger partial charge in [0.2, 0.25) is 20.9 Å². The molecular formula is C25H25N3O4S. The highest BCUT2D eigenvalue weighted by Gasteiger charge is 2.25. The molecule has 1 aromatic heterocycles. The number of ether oxygens (including phenoxy) is 1. The number of fused-ring (bicyclic) bond motifs is 1. The van der Waals surface area contributed by atoms with Crippen LogP contribution in [0.4, 0.5) is 5.69 Å². The number of nitrogens with one attached hydrogen (secondary N) is 1. The normalized spacial score (nSPS) is 11.6. The number of imidazole rings is 1. The average Bonchev–Trinajstić information content (AvgIpc) is 3.14. The van der Waals surface area contributed by atoms with Crippen molar-refractivity contribution in [1.29, 1.82) is 0 Å². The average molecular weight is 464 g/mol. The molecule has 3 aromatic carbocycles. The maximum Gasteiger partial charge on any atom is 0.244 e. The van der Waals surface area contributed by atoms with Gasteiger partial charge in [0.15, 0.2) is 0 Å². The molecule has 4 rings (SSSR count). The SMILES string of the molecule is CC(C)Oc1ccccc1NC(=O)Cn1c(S(=O)(=O)Cc2ccccc2)nc2ccccc21. The molecule has 33 heavy (non-hydrogen) atoms. The standard InChI is InChI=1S/C25H25N3O4S/c1-18(2)32-23-15-9-7-13-21(23)26-24(29)16-28-22-14-8-6-12-20(22)27-25(28)33(30,31)17-19-10-4-3-5-11-19/h3-15,18H,16-17H2,1-2H3,(H,26,29). The Morgan fingerprint density at radius 3 is 2.39 bits per heavy atom. The second-order valence-corrected chi connectivity index (χ2v) is 9.81. The molecule has 0 unspecified atom stereocenters. The van der Waals surface area contributed by atoms with Gasteiger partial charge in [0.25, 0.3) is 0 Å². The number of carbonyl (C=O) groups excluding carboxylic acids is 1. The molecule has 0 spiro atoms. The van der Waals surface area contributed by atoms with Crippen molar-refractivity contribution in [2.45, 2.75) is 37.4 Å². The van der Waals surface area contributed by atoms with Crippen molar-refractivity contribution in [1.82, 2.24) is 9.55 Å². The van der Waals surface area contributed by atoms with Crippen LogP contribution in [0.5, 0.6) is 5.75 Å². The summed E-state index contributed by atoms with van der Waals surface area (Å²) < 4.78 is 33.8. The van der Waals surface area contributed by atoms with E-state index in [4.69, 9.17) is 4.74 Å². The number of benzene rings is 3. The Bertz CT molecular complexity index is 1380. The van der Waals surface area contributed by atoms with Gasteiger partial charge >= 0.3 is 0 Å². The van der Waals surface area contributed by atoms with Crippen molar-refractivity contribution in [3.8, 4) is 5.75 Å². The number of hydrogen-bond donors (Lipinski definition) is 1. The van der Waals surface area contributed by atoms with Gasteiger partial charge in [-0.05, 0) is 43.7 Å². The van der Waals surface area contributed by atoms with E-state index >= 15 is 0 Å². The van der Waals surface area contributed by atoms with Crippen LogP contribution in [0.1, 0.15) is 19.4 Å². The summed E-state index contributed by atoms with van der Waals surface area (Å²) in [6.45, 7) is 3.60.